The molecule has 24 heavy (non-hydrogen) atoms. The summed E-state index contributed by atoms with van der Waals surface area (Å²) in [6.45, 7) is -0.333. The van der Waals surface area contributed by atoms with E-state index in [0.717, 1.165) is 6.07 Å². The number of carbonyl (C=O) groups excluding carboxylic acids is 1. The van der Waals surface area contributed by atoms with Crippen molar-refractivity contribution in [2.75, 3.05) is 0 Å². The molecule has 0 fully saturated rings. The molecule has 3 nitrogen and oxygen atoms in total. The number of carbonyl (C=O) groups is 1. The predicted octanol–water partition coefficient (Wildman–Crippen LogP) is 4.45. The van der Waals surface area contributed by atoms with Gasteiger partial charge in [-0.05, 0) is 18.2 Å². The van der Waals surface area contributed by atoms with E-state index in [-0.39, 0.29) is 22.7 Å². The largest absolute Gasteiger partial charge is 0.573 e. The molecule has 0 aliphatic carbocycles. The van der Waals surface area contributed by atoms with Crippen LogP contribution >= 0.6 is 11.6 Å². The monoisotopic (exact) mass is 365 g/mol. The van der Waals surface area contributed by atoms with Gasteiger partial charge in [0.1, 0.15) is 5.75 Å². The first-order chi connectivity index (χ1) is 11.2. The average Bonchev–Trinajstić information content (AvgIpc) is 2.48. The standard InChI is InChI=1S/C15H9ClF5NO2/c16-10-6-12(18)11(17)5-9(10)14(23)22-7-8-3-1-2-4-13(8)24-15(19,20)21/h1-6H,7H2,(H,22,23). The molecule has 0 saturated heterocycles. The molecule has 0 atom stereocenters. The van der Waals surface area contributed by atoms with E-state index >= 15 is 0 Å². The van der Waals surface area contributed by atoms with Crippen molar-refractivity contribution in [2.24, 2.45) is 0 Å². The predicted molar refractivity (Wildman–Crippen MR) is 75.7 cm³/mol. The number of amides is 1. The van der Waals surface area contributed by atoms with Gasteiger partial charge >= 0.3 is 6.36 Å². The fraction of sp³-hybridized carbons (Fsp3) is 0.133. The van der Waals surface area contributed by atoms with Crippen molar-refractivity contribution in [3.63, 3.8) is 0 Å². The molecule has 2 aromatic rings. The third kappa shape index (κ3) is 4.58. The minimum absolute atomic E-state index is 0.0434. The number of ether oxygens (including phenoxy) is 1. The molecule has 0 bridgehead atoms. The summed E-state index contributed by atoms with van der Waals surface area (Å²) in [5.74, 6) is -3.85. The van der Waals surface area contributed by atoms with Gasteiger partial charge in [-0.15, -0.1) is 13.2 Å². The van der Waals surface area contributed by atoms with Crippen LogP contribution in [0.2, 0.25) is 5.02 Å². The van der Waals surface area contributed by atoms with Crippen molar-refractivity contribution in [1.29, 1.82) is 0 Å². The van der Waals surface area contributed by atoms with Gasteiger partial charge < -0.3 is 10.1 Å². The molecule has 0 saturated carbocycles. The maximum Gasteiger partial charge on any atom is 0.573 e. The van der Waals surface area contributed by atoms with Crippen LogP contribution in [0.3, 0.4) is 0 Å². The first-order valence-electron chi connectivity index (χ1n) is 6.44. The Kier molecular flexibility index (Phi) is 5.28. The second-order valence-electron chi connectivity index (χ2n) is 4.58. The number of benzene rings is 2. The molecular formula is C15H9ClF5NO2. The van der Waals surface area contributed by atoms with E-state index in [1.807, 2.05) is 0 Å². The molecule has 0 unspecified atom stereocenters. The summed E-state index contributed by atoms with van der Waals surface area (Å²) in [5, 5.41) is 1.94. The second-order valence-corrected chi connectivity index (χ2v) is 4.99. The van der Waals surface area contributed by atoms with Crippen LogP contribution < -0.4 is 10.1 Å². The van der Waals surface area contributed by atoms with Crippen LogP contribution in [0.5, 0.6) is 5.75 Å². The zero-order valence-electron chi connectivity index (χ0n) is 11.8. The highest BCUT2D eigenvalue weighted by Gasteiger charge is 2.32. The van der Waals surface area contributed by atoms with Crippen LogP contribution in [0.25, 0.3) is 0 Å². The summed E-state index contributed by atoms with van der Waals surface area (Å²) in [4.78, 5) is 12.0. The topological polar surface area (TPSA) is 38.3 Å². The van der Waals surface area contributed by atoms with Crippen LogP contribution in [-0.2, 0) is 6.54 Å². The van der Waals surface area contributed by atoms with Crippen molar-refractivity contribution in [3.05, 3.63) is 64.2 Å². The number of hydrogen-bond acceptors (Lipinski definition) is 2. The Morgan fingerprint density at radius 1 is 1.12 bits per heavy atom. The molecule has 0 aliphatic rings. The van der Waals surface area contributed by atoms with E-state index in [2.05, 4.69) is 10.1 Å². The Morgan fingerprint density at radius 2 is 1.75 bits per heavy atom. The van der Waals surface area contributed by atoms with Gasteiger partial charge in [-0.25, -0.2) is 8.78 Å². The van der Waals surface area contributed by atoms with Gasteiger partial charge in [0.2, 0.25) is 0 Å². The summed E-state index contributed by atoms with van der Waals surface area (Å²) in [5.41, 5.74) is -0.299. The Balaban J connectivity index is 2.14. The maximum absolute atomic E-state index is 13.2. The highest BCUT2D eigenvalue weighted by atomic mass is 35.5. The molecular weight excluding hydrogens is 357 g/mol. The zero-order chi connectivity index (χ0) is 17.9. The normalized spacial score (nSPS) is 11.2. The van der Waals surface area contributed by atoms with Crippen molar-refractivity contribution >= 4 is 17.5 Å². The summed E-state index contributed by atoms with van der Waals surface area (Å²) >= 11 is 5.66. The number of para-hydroxylation sites is 1. The van der Waals surface area contributed by atoms with Crippen LogP contribution in [0, 0.1) is 11.6 Å². The third-order valence-electron chi connectivity index (χ3n) is 2.89. The fourth-order valence-electron chi connectivity index (χ4n) is 1.84. The Hall–Kier alpha value is -2.35. The molecule has 9 heteroatoms. The SMILES string of the molecule is O=C(NCc1ccccc1OC(F)(F)F)c1cc(F)c(F)cc1Cl. The van der Waals surface area contributed by atoms with Crippen LogP contribution in [0.1, 0.15) is 15.9 Å². The number of alkyl halides is 3. The van der Waals surface area contributed by atoms with Crippen molar-refractivity contribution in [2.45, 2.75) is 12.9 Å². The average molecular weight is 366 g/mol. The molecule has 1 amide bonds. The summed E-state index contributed by atoms with van der Waals surface area (Å²) in [6.07, 6.45) is -4.89. The molecule has 0 spiro atoms. The van der Waals surface area contributed by atoms with Crippen LogP contribution in [-0.4, -0.2) is 12.3 Å². The van der Waals surface area contributed by atoms with Crippen molar-refractivity contribution in [3.8, 4) is 5.75 Å². The number of rotatable bonds is 4. The minimum atomic E-state index is -4.89. The summed E-state index contributed by atoms with van der Waals surface area (Å²) in [6, 6.07) is 6.42. The zero-order valence-corrected chi connectivity index (χ0v) is 12.5. The Bertz CT molecular complexity index is 764. The molecule has 1 N–H and O–H groups in total. The lowest BCUT2D eigenvalue weighted by Crippen LogP contribution is -2.25. The van der Waals surface area contributed by atoms with Crippen molar-refractivity contribution < 1.29 is 31.5 Å². The van der Waals surface area contributed by atoms with Gasteiger partial charge in [-0.2, -0.15) is 0 Å². The quantitative estimate of drug-likeness (QED) is 0.642. The lowest BCUT2D eigenvalue weighted by molar-refractivity contribution is -0.274. The maximum atomic E-state index is 13.2. The lowest BCUT2D eigenvalue weighted by Gasteiger charge is -2.14. The highest BCUT2D eigenvalue weighted by Crippen LogP contribution is 2.26. The Labute approximate surface area is 138 Å². The smallest absolute Gasteiger partial charge is 0.405 e. The lowest BCUT2D eigenvalue weighted by atomic mass is 10.1. The van der Waals surface area contributed by atoms with E-state index in [1.54, 1.807) is 0 Å². The molecule has 0 radical (unpaired) electrons. The van der Waals surface area contributed by atoms with E-state index < -0.39 is 29.7 Å². The van der Waals surface area contributed by atoms with E-state index in [4.69, 9.17) is 11.6 Å². The molecule has 0 aromatic heterocycles. The fourth-order valence-corrected chi connectivity index (χ4v) is 2.08. The van der Waals surface area contributed by atoms with Crippen LogP contribution in [0.15, 0.2) is 36.4 Å². The number of nitrogens with one attached hydrogen (secondary N) is 1. The molecule has 2 rings (SSSR count). The second kappa shape index (κ2) is 7.04. The van der Waals surface area contributed by atoms with Crippen molar-refractivity contribution in [1.82, 2.24) is 5.32 Å². The van der Waals surface area contributed by atoms with E-state index in [1.165, 1.54) is 18.2 Å². The van der Waals surface area contributed by atoms with Gasteiger partial charge in [-0.3, -0.25) is 4.79 Å². The molecule has 0 aliphatic heterocycles. The minimum Gasteiger partial charge on any atom is -0.405 e. The number of halogens is 6. The summed E-state index contributed by atoms with van der Waals surface area (Å²) in [7, 11) is 0. The highest BCUT2D eigenvalue weighted by molar-refractivity contribution is 6.33. The van der Waals surface area contributed by atoms with Gasteiger partial charge in [0.15, 0.2) is 11.6 Å². The first kappa shape index (κ1) is 18.0. The van der Waals surface area contributed by atoms with Crippen LogP contribution in [0.4, 0.5) is 22.0 Å². The third-order valence-corrected chi connectivity index (χ3v) is 3.20. The Morgan fingerprint density at radius 3 is 2.42 bits per heavy atom. The first-order valence-corrected chi connectivity index (χ1v) is 6.81. The van der Waals surface area contributed by atoms with Gasteiger partial charge in [0.05, 0.1) is 10.6 Å². The van der Waals surface area contributed by atoms with E-state index in [9.17, 15) is 26.7 Å². The molecule has 0 heterocycles. The summed E-state index contributed by atoms with van der Waals surface area (Å²) < 4.78 is 66.9. The molecule has 2 aromatic carbocycles. The van der Waals surface area contributed by atoms with Gasteiger partial charge in [0, 0.05) is 12.1 Å². The van der Waals surface area contributed by atoms with E-state index in [0.29, 0.717) is 12.1 Å². The van der Waals surface area contributed by atoms with Gasteiger partial charge in [-0.1, -0.05) is 29.8 Å². The van der Waals surface area contributed by atoms with Gasteiger partial charge in [0.25, 0.3) is 5.91 Å². The molecule has 128 valence electrons. The number of hydrogen-bond donors (Lipinski definition) is 1.